The fraction of sp³-hybridized carbons (Fsp3) is 0.217. The van der Waals surface area contributed by atoms with Gasteiger partial charge in [-0.05, 0) is 58.3 Å². The van der Waals surface area contributed by atoms with Crippen LogP contribution in [0.2, 0.25) is 0 Å². The van der Waals surface area contributed by atoms with Crippen LogP contribution >= 0.6 is 0 Å². The number of carbonyl (C=O) groups excluding carboxylic acids is 1. The lowest BCUT2D eigenvalue weighted by Crippen LogP contribution is -2.24. The molecule has 4 rings (SSSR count). The Morgan fingerprint density at radius 2 is 1.71 bits per heavy atom. The Balaban J connectivity index is 1.73. The topological polar surface area (TPSA) is 51.1 Å². The molecule has 1 atom stereocenters. The molecular weight excluding hydrogens is 352 g/mol. The van der Waals surface area contributed by atoms with Gasteiger partial charge in [-0.2, -0.15) is 5.10 Å². The first kappa shape index (κ1) is 18.0. The van der Waals surface area contributed by atoms with E-state index in [2.05, 4.69) is 17.2 Å². The van der Waals surface area contributed by atoms with Gasteiger partial charge >= 0.3 is 0 Å². The monoisotopic (exact) mass is 374 g/mol. The Bertz CT molecular complexity index is 1060. The largest absolute Gasteiger partial charge is 0.497 e. The highest BCUT2D eigenvalue weighted by Crippen LogP contribution is 2.37. The van der Waals surface area contributed by atoms with Crippen LogP contribution in [0.3, 0.4) is 0 Å². The second kappa shape index (κ2) is 7.35. The second-order valence-corrected chi connectivity index (χ2v) is 6.79. The van der Waals surface area contributed by atoms with E-state index in [-0.39, 0.29) is 11.9 Å². The number of methoxy groups -OCH3 is 2. The summed E-state index contributed by atoms with van der Waals surface area (Å²) < 4.78 is 10.6. The maximum Gasteiger partial charge on any atom is 0.240 e. The first-order chi connectivity index (χ1) is 13.6. The number of hydrogen-bond donors (Lipinski definition) is 0. The first-order valence-corrected chi connectivity index (χ1v) is 9.19. The van der Waals surface area contributed by atoms with Gasteiger partial charge in [-0.15, -0.1) is 0 Å². The molecule has 1 amide bonds. The molecule has 0 saturated heterocycles. The minimum absolute atomic E-state index is 0.0703. The van der Waals surface area contributed by atoms with Crippen molar-refractivity contribution in [2.45, 2.75) is 19.4 Å². The third-order valence-electron chi connectivity index (χ3n) is 5.14. The molecule has 0 aliphatic carbocycles. The van der Waals surface area contributed by atoms with Crippen LogP contribution in [0, 0.1) is 0 Å². The number of ether oxygens (including phenoxy) is 2. The van der Waals surface area contributed by atoms with Crippen molar-refractivity contribution in [2.75, 3.05) is 14.2 Å². The predicted octanol–water partition coefficient (Wildman–Crippen LogP) is 4.55. The Labute approximate surface area is 164 Å². The molecule has 28 heavy (non-hydrogen) atoms. The normalized spacial score (nSPS) is 16.2. The van der Waals surface area contributed by atoms with Gasteiger partial charge < -0.3 is 9.47 Å². The summed E-state index contributed by atoms with van der Waals surface area (Å²) in [6.45, 7) is 1.56. The standard InChI is InChI=1S/C23H22N2O3/c1-15(26)25-23(14-22(24-25)16-7-9-18(27-2)10-8-16)21-6-4-5-17-13-19(28-3)11-12-20(17)21/h4-13,23H,14H2,1-3H3/t23-/m1/s1. The smallest absolute Gasteiger partial charge is 0.240 e. The third kappa shape index (κ3) is 3.20. The van der Waals surface area contributed by atoms with Crippen molar-refractivity contribution in [1.82, 2.24) is 5.01 Å². The summed E-state index contributed by atoms with van der Waals surface area (Å²) in [5.41, 5.74) is 2.98. The van der Waals surface area contributed by atoms with Gasteiger partial charge in [0.1, 0.15) is 11.5 Å². The van der Waals surface area contributed by atoms with Gasteiger partial charge in [0.05, 0.1) is 26.0 Å². The molecule has 3 aromatic carbocycles. The number of hydrogen-bond acceptors (Lipinski definition) is 4. The van der Waals surface area contributed by atoms with Crippen molar-refractivity contribution in [3.05, 3.63) is 71.8 Å². The van der Waals surface area contributed by atoms with Gasteiger partial charge in [0, 0.05) is 13.3 Å². The molecule has 5 nitrogen and oxygen atoms in total. The molecule has 0 unspecified atom stereocenters. The number of fused-ring (bicyclic) bond motifs is 1. The Morgan fingerprint density at radius 3 is 2.39 bits per heavy atom. The molecule has 0 radical (unpaired) electrons. The van der Waals surface area contributed by atoms with Crippen LogP contribution in [-0.4, -0.2) is 30.8 Å². The number of benzene rings is 3. The SMILES string of the molecule is COc1ccc(C2=NN(C(C)=O)[C@@H](c3cccc4cc(OC)ccc34)C2)cc1. The summed E-state index contributed by atoms with van der Waals surface area (Å²) in [5, 5.41) is 8.43. The average Bonchev–Trinajstić information content (AvgIpc) is 3.18. The van der Waals surface area contributed by atoms with Gasteiger partial charge in [-0.25, -0.2) is 5.01 Å². The molecule has 0 saturated carbocycles. The maximum absolute atomic E-state index is 12.3. The van der Waals surface area contributed by atoms with Crippen LogP contribution in [0.1, 0.15) is 30.5 Å². The van der Waals surface area contributed by atoms with E-state index in [9.17, 15) is 4.79 Å². The van der Waals surface area contributed by atoms with E-state index in [0.29, 0.717) is 6.42 Å². The molecule has 0 N–H and O–H groups in total. The lowest BCUT2D eigenvalue weighted by atomic mass is 9.94. The highest BCUT2D eigenvalue weighted by Gasteiger charge is 2.32. The van der Waals surface area contributed by atoms with E-state index in [1.807, 2.05) is 48.5 Å². The van der Waals surface area contributed by atoms with Gasteiger partial charge in [-0.3, -0.25) is 4.79 Å². The third-order valence-corrected chi connectivity index (χ3v) is 5.14. The van der Waals surface area contributed by atoms with Crippen molar-refractivity contribution in [1.29, 1.82) is 0 Å². The molecule has 0 spiro atoms. The van der Waals surface area contributed by atoms with Crippen molar-refractivity contribution in [2.24, 2.45) is 5.10 Å². The van der Waals surface area contributed by atoms with Gasteiger partial charge in [-0.1, -0.05) is 24.3 Å². The summed E-state index contributed by atoms with van der Waals surface area (Å²) in [4.78, 5) is 12.3. The van der Waals surface area contributed by atoms with Crippen LogP contribution in [-0.2, 0) is 4.79 Å². The van der Waals surface area contributed by atoms with Crippen LogP contribution in [0.15, 0.2) is 65.8 Å². The highest BCUT2D eigenvalue weighted by atomic mass is 16.5. The zero-order valence-electron chi connectivity index (χ0n) is 16.2. The number of hydrazone groups is 1. The molecule has 0 bridgehead atoms. The van der Waals surface area contributed by atoms with E-state index >= 15 is 0 Å². The molecule has 3 aromatic rings. The minimum Gasteiger partial charge on any atom is -0.497 e. The van der Waals surface area contributed by atoms with Crippen LogP contribution in [0.25, 0.3) is 10.8 Å². The van der Waals surface area contributed by atoms with Crippen LogP contribution < -0.4 is 9.47 Å². The molecule has 0 aromatic heterocycles. The Hall–Kier alpha value is -3.34. The van der Waals surface area contributed by atoms with Crippen LogP contribution in [0.5, 0.6) is 11.5 Å². The number of rotatable bonds is 4. The van der Waals surface area contributed by atoms with Crippen LogP contribution in [0.4, 0.5) is 0 Å². The zero-order valence-corrected chi connectivity index (χ0v) is 16.2. The Kier molecular flexibility index (Phi) is 4.74. The van der Waals surface area contributed by atoms with E-state index in [1.54, 1.807) is 26.2 Å². The number of nitrogens with zero attached hydrogens (tertiary/aromatic N) is 2. The summed E-state index contributed by atoms with van der Waals surface area (Å²) in [6.07, 6.45) is 0.664. The van der Waals surface area contributed by atoms with Crippen molar-refractivity contribution < 1.29 is 14.3 Å². The molecule has 1 aliphatic rings. The summed E-state index contributed by atoms with van der Waals surface area (Å²) in [6, 6.07) is 19.8. The molecule has 5 heteroatoms. The fourth-order valence-electron chi connectivity index (χ4n) is 3.71. The van der Waals surface area contributed by atoms with Crippen molar-refractivity contribution in [3.8, 4) is 11.5 Å². The van der Waals surface area contributed by atoms with Gasteiger partial charge in [0.2, 0.25) is 5.91 Å². The summed E-state index contributed by atoms with van der Waals surface area (Å²) in [5.74, 6) is 1.54. The quantitative estimate of drug-likeness (QED) is 0.673. The zero-order chi connectivity index (χ0) is 19.7. The lowest BCUT2D eigenvalue weighted by molar-refractivity contribution is -0.130. The van der Waals surface area contributed by atoms with Crippen molar-refractivity contribution >= 4 is 22.4 Å². The van der Waals surface area contributed by atoms with E-state index in [4.69, 9.17) is 9.47 Å². The highest BCUT2D eigenvalue weighted by molar-refractivity contribution is 6.03. The molecule has 142 valence electrons. The van der Waals surface area contributed by atoms with E-state index in [0.717, 1.165) is 39.1 Å². The summed E-state index contributed by atoms with van der Waals surface area (Å²) in [7, 11) is 3.31. The predicted molar refractivity (Wildman–Crippen MR) is 110 cm³/mol. The van der Waals surface area contributed by atoms with Gasteiger partial charge in [0.15, 0.2) is 0 Å². The van der Waals surface area contributed by atoms with Crippen molar-refractivity contribution in [3.63, 3.8) is 0 Å². The first-order valence-electron chi connectivity index (χ1n) is 9.19. The Morgan fingerprint density at radius 1 is 1.00 bits per heavy atom. The minimum atomic E-state index is -0.133. The van der Waals surface area contributed by atoms with E-state index in [1.165, 1.54) is 0 Å². The van der Waals surface area contributed by atoms with E-state index < -0.39 is 0 Å². The second-order valence-electron chi connectivity index (χ2n) is 6.79. The number of carbonyl (C=O) groups is 1. The molecule has 1 aliphatic heterocycles. The fourth-order valence-corrected chi connectivity index (χ4v) is 3.71. The van der Waals surface area contributed by atoms with Gasteiger partial charge in [0.25, 0.3) is 0 Å². The molecule has 0 fully saturated rings. The lowest BCUT2D eigenvalue weighted by Gasteiger charge is -2.22. The molecule has 1 heterocycles. The maximum atomic E-state index is 12.3. The molecular formula is C23H22N2O3. The summed E-state index contributed by atoms with van der Waals surface area (Å²) >= 11 is 0. The average molecular weight is 374 g/mol. The number of amides is 1.